The van der Waals surface area contributed by atoms with Crippen LogP contribution in [0.3, 0.4) is 0 Å². The molecule has 1 saturated carbocycles. The van der Waals surface area contributed by atoms with Crippen molar-refractivity contribution in [1.82, 2.24) is 4.98 Å². The molecule has 0 saturated heterocycles. The minimum absolute atomic E-state index is 0.171. The van der Waals surface area contributed by atoms with Crippen LogP contribution in [0.4, 0.5) is 0 Å². The summed E-state index contributed by atoms with van der Waals surface area (Å²) in [4.78, 5) is 4.51. The molecule has 2 N–H and O–H groups in total. The Balaban J connectivity index is 2.18. The molecular formula is C14H16N2. The first-order chi connectivity index (χ1) is 7.75. The first-order valence-electron chi connectivity index (χ1n) is 5.89. The molecule has 2 heteroatoms. The average molecular weight is 212 g/mol. The van der Waals surface area contributed by atoms with Gasteiger partial charge in [-0.25, -0.2) is 0 Å². The molecule has 2 aromatic rings. The third-order valence-electron chi connectivity index (χ3n) is 3.76. The van der Waals surface area contributed by atoms with Crippen molar-refractivity contribution in [2.24, 2.45) is 11.7 Å². The van der Waals surface area contributed by atoms with Crippen molar-refractivity contribution in [3.8, 4) is 0 Å². The zero-order chi connectivity index (χ0) is 11.2. The van der Waals surface area contributed by atoms with Gasteiger partial charge in [0.05, 0.1) is 11.2 Å². The van der Waals surface area contributed by atoms with E-state index in [0.29, 0.717) is 5.92 Å². The fourth-order valence-electron chi connectivity index (χ4n) is 2.64. The summed E-state index contributed by atoms with van der Waals surface area (Å²) >= 11 is 0. The third kappa shape index (κ3) is 1.26. The van der Waals surface area contributed by atoms with Gasteiger partial charge < -0.3 is 5.73 Å². The zero-order valence-corrected chi connectivity index (χ0v) is 9.48. The number of hydrogen-bond donors (Lipinski definition) is 1. The van der Waals surface area contributed by atoms with Crippen LogP contribution in [0.25, 0.3) is 10.8 Å². The molecule has 0 amide bonds. The molecule has 1 aromatic heterocycles. The van der Waals surface area contributed by atoms with Gasteiger partial charge in [0.1, 0.15) is 0 Å². The Labute approximate surface area is 95.5 Å². The van der Waals surface area contributed by atoms with Crippen LogP contribution in [0.5, 0.6) is 0 Å². The Morgan fingerprint density at radius 2 is 2.19 bits per heavy atom. The highest BCUT2D eigenvalue weighted by Gasteiger charge is 2.52. The monoisotopic (exact) mass is 212 g/mol. The van der Waals surface area contributed by atoms with Crippen LogP contribution >= 0.6 is 0 Å². The molecular weight excluding hydrogens is 196 g/mol. The lowest BCUT2D eigenvalue weighted by molar-refractivity contribution is 0.603. The summed E-state index contributed by atoms with van der Waals surface area (Å²) in [7, 11) is 0. The van der Waals surface area contributed by atoms with E-state index >= 15 is 0 Å². The summed E-state index contributed by atoms with van der Waals surface area (Å²) in [6.45, 7) is 2.20. The van der Waals surface area contributed by atoms with Crippen LogP contribution in [-0.2, 0) is 5.54 Å². The number of hydrogen-bond acceptors (Lipinski definition) is 2. The minimum Gasteiger partial charge on any atom is -0.320 e. The van der Waals surface area contributed by atoms with Crippen LogP contribution < -0.4 is 5.73 Å². The van der Waals surface area contributed by atoms with Gasteiger partial charge in [-0.15, -0.1) is 0 Å². The predicted octanol–water partition coefficient (Wildman–Crippen LogP) is 2.82. The Kier molecular flexibility index (Phi) is 2.01. The van der Waals surface area contributed by atoms with Crippen molar-refractivity contribution in [3.05, 3.63) is 42.2 Å². The third-order valence-corrected chi connectivity index (χ3v) is 3.76. The van der Waals surface area contributed by atoms with Crippen molar-refractivity contribution in [2.75, 3.05) is 0 Å². The largest absolute Gasteiger partial charge is 0.320 e. The van der Waals surface area contributed by atoms with Crippen molar-refractivity contribution in [1.29, 1.82) is 0 Å². The number of benzene rings is 1. The normalized spacial score (nSPS) is 28.2. The van der Waals surface area contributed by atoms with Gasteiger partial charge in [0.15, 0.2) is 0 Å². The molecule has 2 nitrogen and oxygen atoms in total. The van der Waals surface area contributed by atoms with Crippen LogP contribution in [0.2, 0.25) is 0 Å². The fourth-order valence-corrected chi connectivity index (χ4v) is 2.64. The second-order valence-corrected chi connectivity index (χ2v) is 4.73. The quantitative estimate of drug-likeness (QED) is 0.831. The molecule has 0 radical (unpaired) electrons. The zero-order valence-electron chi connectivity index (χ0n) is 9.48. The summed E-state index contributed by atoms with van der Waals surface area (Å²) in [5, 5.41) is 2.45. The number of nitrogens with two attached hydrogens (primary N) is 1. The SMILES string of the molecule is CCC1CC1(N)c1nccc2ccccc12. The van der Waals surface area contributed by atoms with Crippen molar-refractivity contribution >= 4 is 10.8 Å². The van der Waals surface area contributed by atoms with Crippen molar-refractivity contribution in [3.63, 3.8) is 0 Å². The van der Waals surface area contributed by atoms with E-state index in [1.165, 1.54) is 10.8 Å². The molecule has 0 aliphatic heterocycles. The number of nitrogens with zero attached hydrogens (tertiary/aromatic N) is 1. The fraction of sp³-hybridized carbons (Fsp3) is 0.357. The molecule has 1 fully saturated rings. The van der Waals surface area contributed by atoms with E-state index in [1.807, 2.05) is 12.3 Å². The molecule has 0 bridgehead atoms. The molecule has 1 heterocycles. The summed E-state index contributed by atoms with van der Waals surface area (Å²) < 4.78 is 0. The van der Waals surface area contributed by atoms with E-state index in [9.17, 15) is 0 Å². The highest BCUT2D eigenvalue weighted by Crippen LogP contribution is 2.52. The molecule has 2 atom stereocenters. The van der Waals surface area contributed by atoms with Gasteiger partial charge in [0, 0.05) is 11.6 Å². The Hall–Kier alpha value is -1.41. The molecule has 0 spiro atoms. The smallest absolute Gasteiger partial charge is 0.0683 e. The predicted molar refractivity (Wildman–Crippen MR) is 66.0 cm³/mol. The molecule has 1 aliphatic rings. The van der Waals surface area contributed by atoms with Gasteiger partial charge in [0.2, 0.25) is 0 Å². The van der Waals surface area contributed by atoms with Gasteiger partial charge in [0.25, 0.3) is 0 Å². The van der Waals surface area contributed by atoms with Crippen molar-refractivity contribution in [2.45, 2.75) is 25.3 Å². The lowest BCUT2D eigenvalue weighted by Gasteiger charge is -2.13. The molecule has 82 valence electrons. The van der Waals surface area contributed by atoms with Crippen LogP contribution in [0, 0.1) is 5.92 Å². The van der Waals surface area contributed by atoms with Gasteiger partial charge in [-0.1, -0.05) is 37.6 Å². The summed E-state index contributed by atoms with van der Waals surface area (Å²) in [6.07, 6.45) is 4.09. The molecule has 2 unspecified atom stereocenters. The topological polar surface area (TPSA) is 38.9 Å². The summed E-state index contributed by atoms with van der Waals surface area (Å²) in [6, 6.07) is 10.4. The minimum atomic E-state index is -0.171. The Bertz CT molecular complexity index is 530. The standard InChI is InChI=1S/C14H16N2/c1-2-11-9-14(11,15)13-12-6-4-3-5-10(12)7-8-16-13/h3-8,11H,2,9,15H2,1H3. The lowest BCUT2D eigenvalue weighted by Crippen LogP contribution is -2.23. The Morgan fingerprint density at radius 3 is 2.94 bits per heavy atom. The second kappa shape index (κ2) is 3.29. The van der Waals surface area contributed by atoms with Crippen LogP contribution in [-0.4, -0.2) is 4.98 Å². The molecule has 1 aliphatic carbocycles. The van der Waals surface area contributed by atoms with E-state index in [4.69, 9.17) is 5.73 Å². The first-order valence-corrected chi connectivity index (χ1v) is 5.89. The second-order valence-electron chi connectivity index (χ2n) is 4.73. The molecule has 3 rings (SSSR count). The highest BCUT2D eigenvalue weighted by molar-refractivity contribution is 5.85. The van der Waals surface area contributed by atoms with E-state index in [0.717, 1.165) is 18.5 Å². The lowest BCUT2D eigenvalue weighted by atomic mass is 10.0. The van der Waals surface area contributed by atoms with Crippen LogP contribution in [0.15, 0.2) is 36.5 Å². The molecule has 1 aromatic carbocycles. The van der Waals surface area contributed by atoms with Gasteiger partial charge >= 0.3 is 0 Å². The maximum absolute atomic E-state index is 6.43. The number of pyridine rings is 1. The van der Waals surface area contributed by atoms with Gasteiger partial charge in [-0.3, -0.25) is 4.98 Å². The van der Waals surface area contributed by atoms with E-state index in [1.54, 1.807) is 0 Å². The summed E-state index contributed by atoms with van der Waals surface area (Å²) in [5.41, 5.74) is 7.34. The maximum Gasteiger partial charge on any atom is 0.0683 e. The summed E-state index contributed by atoms with van der Waals surface area (Å²) in [5.74, 6) is 0.603. The number of aromatic nitrogens is 1. The highest BCUT2D eigenvalue weighted by atomic mass is 14.9. The van der Waals surface area contributed by atoms with Gasteiger partial charge in [-0.05, 0) is 23.8 Å². The van der Waals surface area contributed by atoms with Crippen molar-refractivity contribution < 1.29 is 0 Å². The van der Waals surface area contributed by atoms with Crippen LogP contribution in [0.1, 0.15) is 25.5 Å². The molecule has 16 heavy (non-hydrogen) atoms. The van der Waals surface area contributed by atoms with E-state index in [2.05, 4.69) is 36.2 Å². The average Bonchev–Trinajstić information content (AvgIpc) is 3.01. The van der Waals surface area contributed by atoms with E-state index in [-0.39, 0.29) is 5.54 Å². The maximum atomic E-state index is 6.43. The first kappa shape index (κ1) is 9.79. The van der Waals surface area contributed by atoms with E-state index < -0.39 is 0 Å². The Morgan fingerprint density at radius 1 is 1.38 bits per heavy atom. The number of rotatable bonds is 2. The number of fused-ring (bicyclic) bond motifs is 1. The van der Waals surface area contributed by atoms with Gasteiger partial charge in [-0.2, -0.15) is 0 Å².